The molecule has 16 nitrogen and oxygen atoms in total. The van der Waals surface area contributed by atoms with Crippen LogP contribution in [-0.4, -0.2) is 86.1 Å². The number of aromatic amines is 1. The molecule has 6 N–H and O–H groups in total. The van der Waals surface area contributed by atoms with Crippen LogP contribution in [0.25, 0.3) is 22.5 Å². The second kappa shape index (κ2) is 17.7. The number of aromatic nitrogens is 5. The number of nitrogens with zero attached hydrogens (tertiary/aromatic N) is 5. The Kier molecular flexibility index (Phi) is 12.6. The number of aryl methyl sites for hydroxylation is 1. The molecule has 3 heterocycles. The SMILES string of the molecule is Cc1cc(C(=O)N[C@@H]2CCCNC2=O)ncc1-c1ccc(C[C@@H](C(N)=O)N(C(=O)C2CCC(CNC(=O)OC(C)(C)C)CC2)c2ccc(-c3nn[nH]n3)cc2)cc1. The lowest BCUT2D eigenvalue weighted by Crippen LogP contribution is -2.52. The highest BCUT2D eigenvalue weighted by Crippen LogP contribution is 2.33. The fourth-order valence-electron chi connectivity index (χ4n) is 7.36. The molecule has 300 valence electrons. The van der Waals surface area contributed by atoms with Crippen LogP contribution < -0.4 is 26.6 Å². The molecule has 1 aliphatic carbocycles. The van der Waals surface area contributed by atoms with E-state index in [1.165, 1.54) is 4.90 Å². The first-order valence-electron chi connectivity index (χ1n) is 19.3. The van der Waals surface area contributed by atoms with Crippen molar-refractivity contribution < 1.29 is 28.7 Å². The number of tetrazole rings is 1. The Morgan fingerprint density at radius 3 is 2.30 bits per heavy atom. The topological polar surface area (TPSA) is 227 Å². The third-order valence-corrected chi connectivity index (χ3v) is 10.4. The van der Waals surface area contributed by atoms with Crippen molar-refractivity contribution in [1.29, 1.82) is 0 Å². The van der Waals surface area contributed by atoms with Gasteiger partial charge in [-0.15, -0.1) is 10.2 Å². The molecule has 0 unspecified atom stereocenters. The van der Waals surface area contributed by atoms with Crippen LogP contribution in [0.5, 0.6) is 0 Å². The third-order valence-electron chi connectivity index (χ3n) is 10.4. The van der Waals surface area contributed by atoms with Crippen molar-refractivity contribution in [2.45, 2.75) is 90.3 Å². The molecule has 6 rings (SSSR count). The molecule has 4 aromatic rings. The van der Waals surface area contributed by atoms with Crippen LogP contribution >= 0.6 is 0 Å². The van der Waals surface area contributed by atoms with Crippen molar-refractivity contribution in [3.05, 3.63) is 77.6 Å². The number of carbonyl (C=O) groups is 5. The number of piperidine rings is 1. The average Bonchev–Trinajstić information content (AvgIpc) is 3.73. The molecule has 1 saturated heterocycles. The van der Waals surface area contributed by atoms with E-state index in [4.69, 9.17) is 10.5 Å². The standard InChI is InChI=1S/C41H50N10O6/c1-24-20-33(38(54)46-32-6-5-19-43-37(32)53)44-23-31(24)27-11-7-25(8-12-27)21-34(35(42)52)51(30-17-15-28(16-18-30)36-47-49-50-48-36)39(55)29-13-9-26(10-14-29)22-45-40(56)57-41(2,3)4/h7-8,11-12,15-18,20,23,26,29,32,34H,5-6,9-10,13-14,19,21-22H2,1-4H3,(H2,42,52)(H,43,53)(H,45,56)(H,46,54)(H,47,48,49,50)/t26?,29?,32-,34+/m1/s1. The van der Waals surface area contributed by atoms with Crippen LogP contribution in [0.3, 0.4) is 0 Å². The van der Waals surface area contributed by atoms with Crippen molar-refractivity contribution in [1.82, 2.24) is 41.6 Å². The molecule has 1 aliphatic heterocycles. The number of H-pyrrole nitrogens is 1. The summed E-state index contributed by atoms with van der Waals surface area (Å²) in [5.41, 5.74) is 10.2. The number of ether oxygens (including phenoxy) is 1. The number of hydrogen-bond donors (Lipinski definition) is 5. The number of rotatable bonds is 12. The quantitative estimate of drug-likeness (QED) is 0.139. The highest BCUT2D eigenvalue weighted by Gasteiger charge is 2.36. The van der Waals surface area contributed by atoms with Gasteiger partial charge in [0.2, 0.25) is 23.5 Å². The first kappa shape index (κ1) is 40.5. The molecule has 2 atom stereocenters. The van der Waals surface area contributed by atoms with E-state index in [0.29, 0.717) is 49.4 Å². The summed E-state index contributed by atoms with van der Waals surface area (Å²) < 4.78 is 5.37. The fraction of sp³-hybridized carbons (Fsp3) is 0.439. The molecule has 0 spiro atoms. The maximum Gasteiger partial charge on any atom is 0.407 e. The second-order valence-corrected chi connectivity index (χ2v) is 15.8. The minimum Gasteiger partial charge on any atom is -0.444 e. The molecule has 2 aromatic carbocycles. The van der Waals surface area contributed by atoms with Gasteiger partial charge in [-0.25, -0.2) is 4.79 Å². The molecule has 0 bridgehead atoms. The highest BCUT2D eigenvalue weighted by molar-refractivity contribution is 6.02. The van der Waals surface area contributed by atoms with Gasteiger partial charge in [0.15, 0.2) is 0 Å². The Morgan fingerprint density at radius 1 is 0.982 bits per heavy atom. The minimum atomic E-state index is -1.00. The first-order valence-corrected chi connectivity index (χ1v) is 19.3. The maximum absolute atomic E-state index is 14.5. The van der Waals surface area contributed by atoms with Crippen molar-refractivity contribution >= 4 is 35.4 Å². The zero-order chi connectivity index (χ0) is 40.7. The summed E-state index contributed by atoms with van der Waals surface area (Å²) in [6, 6.07) is 14.7. The van der Waals surface area contributed by atoms with Gasteiger partial charge in [-0.3, -0.25) is 29.1 Å². The molecule has 0 radical (unpaired) electrons. The molecule has 2 aromatic heterocycles. The number of alkyl carbamates (subject to hydrolysis) is 1. The number of nitrogens with one attached hydrogen (secondary N) is 4. The van der Waals surface area contributed by atoms with Gasteiger partial charge in [-0.05, 0) is 124 Å². The van der Waals surface area contributed by atoms with E-state index in [9.17, 15) is 24.0 Å². The van der Waals surface area contributed by atoms with E-state index in [1.54, 1.807) is 36.5 Å². The largest absolute Gasteiger partial charge is 0.444 e. The molecule has 16 heteroatoms. The molecule has 2 fully saturated rings. The van der Waals surface area contributed by atoms with Crippen LogP contribution in [-0.2, 0) is 25.5 Å². The molecule has 1 saturated carbocycles. The van der Waals surface area contributed by atoms with Crippen molar-refractivity contribution in [3.8, 4) is 22.5 Å². The lowest BCUT2D eigenvalue weighted by Gasteiger charge is -2.36. The Labute approximate surface area is 331 Å². The first-order chi connectivity index (χ1) is 27.3. The summed E-state index contributed by atoms with van der Waals surface area (Å²) in [5.74, 6) is -1.23. The number of benzene rings is 2. The summed E-state index contributed by atoms with van der Waals surface area (Å²) in [6.07, 6.45) is 5.30. The van der Waals surface area contributed by atoms with Crippen LogP contribution in [0.1, 0.15) is 80.9 Å². The summed E-state index contributed by atoms with van der Waals surface area (Å²) in [6.45, 7) is 8.38. The van der Waals surface area contributed by atoms with Gasteiger partial charge in [-0.1, -0.05) is 24.3 Å². The minimum absolute atomic E-state index is 0.161. The monoisotopic (exact) mass is 778 g/mol. The Balaban J connectivity index is 1.17. The Hall–Kier alpha value is -6.19. The number of primary amides is 1. The zero-order valence-corrected chi connectivity index (χ0v) is 32.7. The maximum atomic E-state index is 14.5. The van der Waals surface area contributed by atoms with Gasteiger partial charge >= 0.3 is 6.09 Å². The number of amides is 5. The number of anilines is 1. The molecule has 57 heavy (non-hydrogen) atoms. The van der Waals surface area contributed by atoms with Crippen molar-refractivity contribution in [2.75, 3.05) is 18.0 Å². The third kappa shape index (κ3) is 10.4. The summed E-state index contributed by atoms with van der Waals surface area (Å²) in [4.78, 5) is 71.0. The highest BCUT2D eigenvalue weighted by atomic mass is 16.6. The zero-order valence-electron chi connectivity index (χ0n) is 32.7. The average molecular weight is 779 g/mol. The lowest BCUT2D eigenvalue weighted by atomic mass is 9.81. The molecule has 5 amide bonds. The van der Waals surface area contributed by atoms with Crippen LogP contribution in [0.15, 0.2) is 60.8 Å². The number of pyridine rings is 1. The van der Waals surface area contributed by atoms with Crippen LogP contribution in [0.2, 0.25) is 0 Å². The second-order valence-electron chi connectivity index (χ2n) is 15.8. The van der Waals surface area contributed by atoms with E-state index < -0.39 is 35.6 Å². The predicted molar refractivity (Wildman–Crippen MR) is 211 cm³/mol. The van der Waals surface area contributed by atoms with Gasteiger partial charge in [-0.2, -0.15) is 5.21 Å². The Bertz CT molecular complexity index is 2060. The van der Waals surface area contributed by atoms with Gasteiger partial charge in [0.05, 0.1) is 0 Å². The molecular formula is C41H50N10O6. The Morgan fingerprint density at radius 2 is 1.68 bits per heavy atom. The van der Waals surface area contributed by atoms with Crippen molar-refractivity contribution in [2.24, 2.45) is 17.6 Å². The van der Waals surface area contributed by atoms with E-state index >= 15 is 0 Å². The number of nitrogens with two attached hydrogens (primary N) is 1. The van der Waals surface area contributed by atoms with Crippen LogP contribution in [0.4, 0.5) is 10.5 Å². The normalized spacial score (nSPS) is 18.8. The summed E-state index contributed by atoms with van der Waals surface area (Å²) in [5, 5.41) is 22.5. The van der Waals surface area contributed by atoms with Crippen LogP contribution in [0, 0.1) is 18.8 Å². The van der Waals surface area contributed by atoms with Gasteiger partial charge in [0.25, 0.3) is 5.91 Å². The fourth-order valence-corrected chi connectivity index (χ4v) is 7.36. The summed E-state index contributed by atoms with van der Waals surface area (Å²) in [7, 11) is 0. The molecule has 2 aliphatic rings. The van der Waals surface area contributed by atoms with E-state index in [1.807, 2.05) is 52.0 Å². The number of carbonyl (C=O) groups excluding carboxylic acids is 5. The predicted octanol–water partition coefficient (Wildman–Crippen LogP) is 4.01. The van der Waals surface area contributed by atoms with Gasteiger partial charge in [0, 0.05) is 48.4 Å². The molecular weight excluding hydrogens is 729 g/mol. The van der Waals surface area contributed by atoms with E-state index in [0.717, 1.165) is 41.5 Å². The van der Waals surface area contributed by atoms with Gasteiger partial charge < -0.3 is 26.4 Å². The smallest absolute Gasteiger partial charge is 0.407 e. The lowest BCUT2D eigenvalue weighted by molar-refractivity contribution is -0.127. The summed E-state index contributed by atoms with van der Waals surface area (Å²) >= 11 is 0. The van der Waals surface area contributed by atoms with Gasteiger partial charge in [0.1, 0.15) is 23.4 Å². The number of hydrogen-bond acceptors (Lipinski definition) is 10. The van der Waals surface area contributed by atoms with Crippen molar-refractivity contribution in [3.63, 3.8) is 0 Å². The van der Waals surface area contributed by atoms with E-state index in [-0.39, 0.29) is 35.8 Å². The van der Waals surface area contributed by atoms with E-state index in [2.05, 4.69) is 41.6 Å².